The summed E-state index contributed by atoms with van der Waals surface area (Å²) in [5.41, 5.74) is 1.66. The number of Topliss-reactive ketones (excluding diaryl/α,β-unsaturated/α-hetero) is 1. The topological polar surface area (TPSA) is 45.6 Å². The van der Waals surface area contributed by atoms with Gasteiger partial charge in [0.15, 0.2) is 5.54 Å². The number of aliphatic imine (C=N–C) groups is 1. The maximum absolute atomic E-state index is 13.3. The molecule has 1 aromatic carbocycles. The molecule has 4 nitrogen and oxygen atoms in total. The number of aromatic nitrogens is 1. The molecule has 2 aliphatic rings. The Hall–Kier alpha value is -2.34. The van der Waals surface area contributed by atoms with Crippen LogP contribution in [0.25, 0.3) is 5.57 Å². The molecule has 142 valence electrons. The lowest BCUT2D eigenvalue weighted by Crippen LogP contribution is -2.31. The minimum absolute atomic E-state index is 0.0927. The number of carbonyl (C=O) groups is 1. The number of rotatable bonds is 6. The van der Waals surface area contributed by atoms with Crippen LogP contribution >= 0.6 is 22.9 Å². The lowest BCUT2D eigenvalue weighted by molar-refractivity contribution is 0.0923. The summed E-state index contributed by atoms with van der Waals surface area (Å²) in [6.07, 6.45) is 10.4. The summed E-state index contributed by atoms with van der Waals surface area (Å²) in [4.78, 5) is 25.0. The van der Waals surface area contributed by atoms with E-state index < -0.39 is 5.54 Å². The fourth-order valence-corrected chi connectivity index (χ4v) is 4.55. The zero-order valence-corrected chi connectivity index (χ0v) is 16.9. The fraction of sp³-hybridized carbons (Fsp3) is 0.227. The predicted octanol–water partition coefficient (Wildman–Crippen LogP) is 4.79. The van der Waals surface area contributed by atoms with Crippen LogP contribution in [0.2, 0.25) is 5.02 Å². The number of ketones is 1. The minimum atomic E-state index is -1.08. The number of halogens is 1. The van der Waals surface area contributed by atoms with Gasteiger partial charge < -0.3 is 0 Å². The van der Waals surface area contributed by atoms with Crippen LogP contribution < -0.4 is 0 Å². The van der Waals surface area contributed by atoms with Gasteiger partial charge in [0.25, 0.3) is 0 Å². The quantitative estimate of drug-likeness (QED) is 0.509. The van der Waals surface area contributed by atoms with Gasteiger partial charge in [-0.1, -0.05) is 23.8 Å². The first-order chi connectivity index (χ1) is 13.6. The standard InChI is InChI=1S/C22H20ClN3OS/c1-2-12-26-13-8-16(9-14-26)19-15-28-21(25-19)22(10-3-11-24-22)20(27)17-4-6-18(23)7-5-17/h2-8,10-11,15H,1,9,12-14H2. The third kappa shape index (κ3) is 3.53. The highest BCUT2D eigenvalue weighted by atomic mass is 35.5. The van der Waals surface area contributed by atoms with Crippen molar-refractivity contribution < 1.29 is 4.79 Å². The van der Waals surface area contributed by atoms with E-state index in [2.05, 4.69) is 22.5 Å². The highest BCUT2D eigenvalue weighted by Gasteiger charge is 2.42. The summed E-state index contributed by atoms with van der Waals surface area (Å²) in [7, 11) is 0. The Kier molecular flexibility index (Phi) is 5.40. The first kappa shape index (κ1) is 19.0. The van der Waals surface area contributed by atoms with Crippen molar-refractivity contribution in [2.45, 2.75) is 12.0 Å². The van der Waals surface area contributed by atoms with E-state index >= 15 is 0 Å². The summed E-state index contributed by atoms with van der Waals surface area (Å²) in [6.45, 7) is 6.57. The van der Waals surface area contributed by atoms with Gasteiger partial charge in [-0.2, -0.15) is 0 Å². The van der Waals surface area contributed by atoms with Crippen molar-refractivity contribution >= 4 is 40.5 Å². The molecule has 0 saturated carbocycles. The van der Waals surface area contributed by atoms with E-state index in [1.54, 1.807) is 30.5 Å². The van der Waals surface area contributed by atoms with Gasteiger partial charge in [-0.15, -0.1) is 17.9 Å². The SMILES string of the molecule is C=CCN1CC=C(c2csc(C3(C(=O)c4ccc(Cl)cc4)C=CC=N3)n2)CC1. The van der Waals surface area contributed by atoms with Gasteiger partial charge in [-0.05, 0) is 48.4 Å². The van der Waals surface area contributed by atoms with Gasteiger partial charge in [-0.25, -0.2) is 4.98 Å². The molecular formula is C22H20ClN3OS. The Labute approximate surface area is 173 Å². The number of hydrogen-bond donors (Lipinski definition) is 0. The van der Waals surface area contributed by atoms with E-state index in [9.17, 15) is 4.79 Å². The van der Waals surface area contributed by atoms with E-state index in [-0.39, 0.29) is 5.78 Å². The van der Waals surface area contributed by atoms with Crippen LogP contribution in [-0.2, 0) is 5.54 Å². The molecule has 6 heteroatoms. The Morgan fingerprint density at radius 3 is 2.82 bits per heavy atom. The molecule has 0 bridgehead atoms. The molecule has 28 heavy (non-hydrogen) atoms. The third-order valence-corrected chi connectivity index (χ3v) is 6.21. The number of nitrogens with zero attached hydrogens (tertiary/aromatic N) is 3. The Bertz CT molecular complexity index is 975. The number of allylic oxidation sites excluding steroid dienone is 1. The van der Waals surface area contributed by atoms with Crippen LogP contribution in [0, 0.1) is 0 Å². The Morgan fingerprint density at radius 2 is 2.18 bits per heavy atom. The molecule has 0 saturated heterocycles. The lowest BCUT2D eigenvalue weighted by atomic mass is 9.91. The van der Waals surface area contributed by atoms with Crippen LogP contribution in [-0.4, -0.2) is 41.5 Å². The highest BCUT2D eigenvalue weighted by molar-refractivity contribution is 7.10. The molecule has 0 amide bonds. The smallest absolute Gasteiger partial charge is 0.201 e. The van der Waals surface area contributed by atoms with Crippen molar-refractivity contribution in [1.29, 1.82) is 0 Å². The van der Waals surface area contributed by atoms with Crippen molar-refractivity contribution in [3.05, 3.63) is 81.8 Å². The maximum atomic E-state index is 13.3. The molecule has 1 unspecified atom stereocenters. The second-order valence-corrected chi connectivity index (χ2v) is 8.10. The van der Waals surface area contributed by atoms with Crippen LogP contribution in [0.5, 0.6) is 0 Å². The Morgan fingerprint density at radius 1 is 1.36 bits per heavy atom. The van der Waals surface area contributed by atoms with Gasteiger partial charge in [0.1, 0.15) is 5.01 Å². The molecule has 1 aromatic heterocycles. The normalized spacial score (nSPS) is 21.7. The van der Waals surface area contributed by atoms with Crippen molar-refractivity contribution in [1.82, 2.24) is 9.88 Å². The number of thiazole rings is 1. The average molecular weight is 410 g/mol. The summed E-state index contributed by atoms with van der Waals surface area (Å²) < 4.78 is 0. The molecule has 0 N–H and O–H groups in total. The number of carbonyl (C=O) groups excluding carboxylic acids is 1. The second-order valence-electron chi connectivity index (χ2n) is 6.81. The molecule has 0 fully saturated rings. The van der Waals surface area contributed by atoms with Crippen LogP contribution in [0.15, 0.2) is 65.5 Å². The molecule has 4 rings (SSSR count). The largest absolute Gasteiger partial charge is 0.296 e. The molecule has 0 spiro atoms. The van der Waals surface area contributed by atoms with Crippen molar-refractivity contribution in [3.63, 3.8) is 0 Å². The molecule has 1 atom stereocenters. The van der Waals surface area contributed by atoms with E-state index in [1.165, 1.54) is 16.9 Å². The predicted molar refractivity (Wildman–Crippen MR) is 116 cm³/mol. The average Bonchev–Trinajstić information content (AvgIpc) is 3.39. The van der Waals surface area contributed by atoms with Gasteiger partial charge in [0.2, 0.25) is 5.78 Å². The van der Waals surface area contributed by atoms with Gasteiger partial charge in [0, 0.05) is 41.8 Å². The fourth-order valence-electron chi connectivity index (χ4n) is 3.45. The molecule has 2 aromatic rings. The second kappa shape index (κ2) is 7.95. The molecule has 2 aliphatic heterocycles. The van der Waals surface area contributed by atoms with Gasteiger partial charge in [-0.3, -0.25) is 14.7 Å². The summed E-state index contributed by atoms with van der Waals surface area (Å²) >= 11 is 7.45. The van der Waals surface area contributed by atoms with Crippen LogP contribution in [0.1, 0.15) is 27.5 Å². The Balaban J connectivity index is 1.63. The highest BCUT2D eigenvalue weighted by Crippen LogP contribution is 2.37. The van der Waals surface area contributed by atoms with Crippen molar-refractivity contribution in [2.24, 2.45) is 4.99 Å². The zero-order valence-electron chi connectivity index (χ0n) is 15.3. The minimum Gasteiger partial charge on any atom is -0.296 e. The third-order valence-electron chi connectivity index (χ3n) is 4.99. The van der Waals surface area contributed by atoms with Crippen LogP contribution in [0.4, 0.5) is 0 Å². The number of benzene rings is 1. The maximum Gasteiger partial charge on any atom is 0.201 e. The van der Waals surface area contributed by atoms with Crippen molar-refractivity contribution in [2.75, 3.05) is 19.6 Å². The summed E-state index contributed by atoms with van der Waals surface area (Å²) in [6, 6.07) is 6.92. The zero-order chi connectivity index (χ0) is 19.6. The van der Waals surface area contributed by atoms with E-state index in [0.717, 1.165) is 31.7 Å². The number of hydrogen-bond acceptors (Lipinski definition) is 5. The monoisotopic (exact) mass is 409 g/mol. The van der Waals surface area contributed by atoms with E-state index in [0.29, 0.717) is 15.6 Å². The van der Waals surface area contributed by atoms with Crippen molar-refractivity contribution in [3.8, 4) is 0 Å². The molecule has 3 heterocycles. The van der Waals surface area contributed by atoms with Crippen LogP contribution in [0.3, 0.4) is 0 Å². The van der Waals surface area contributed by atoms with Gasteiger partial charge in [0.05, 0.1) is 5.69 Å². The first-order valence-electron chi connectivity index (χ1n) is 9.14. The lowest BCUT2D eigenvalue weighted by Gasteiger charge is -2.24. The van der Waals surface area contributed by atoms with Gasteiger partial charge >= 0.3 is 0 Å². The van der Waals surface area contributed by atoms with E-state index in [1.807, 2.05) is 23.6 Å². The summed E-state index contributed by atoms with van der Waals surface area (Å²) in [5.74, 6) is -0.0927. The molecular weight excluding hydrogens is 390 g/mol. The van der Waals surface area contributed by atoms with E-state index in [4.69, 9.17) is 16.6 Å². The first-order valence-corrected chi connectivity index (χ1v) is 10.4. The summed E-state index contributed by atoms with van der Waals surface area (Å²) in [5, 5.41) is 3.33. The molecule has 0 radical (unpaired) electrons. The molecule has 0 aliphatic carbocycles.